The molecule has 0 radical (unpaired) electrons. The van der Waals surface area contributed by atoms with Gasteiger partial charge in [-0.15, -0.1) is 0 Å². The highest BCUT2D eigenvalue weighted by atomic mass is 16.5. The second-order valence-electron chi connectivity index (χ2n) is 4.94. The first-order valence-electron chi connectivity index (χ1n) is 6.03. The van der Waals surface area contributed by atoms with E-state index in [9.17, 15) is 9.59 Å². The molecule has 0 aromatic rings. The summed E-state index contributed by atoms with van der Waals surface area (Å²) < 4.78 is 5.10. The lowest BCUT2D eigenvalue weighted by Gasteiger charge is -2.33. The highest BCUT2D eigenvalue weighted by Crippen LogP contribution is 2.17. The molecule has 2 atom stereocenters. The van der Waals surface area contributed by atoms with Crippen LogP contribution in [0, 0.1) is 11.8 Å². The van der Waals surface area contributed by atoms with Crippen LogP contribution in [0.4, 0.5) is 0 Å². The summed E-state index contributed by atoms with van der Waals surface area (Å²) >= 11 is 0. The van der Waals surface area contributed by atoms with Crippen molar-refractivity contribution in [1.82, 2.24) is 4.90 Å². The van der Waals surface area contributed by atoms with Crippen LogP contribution in [0.15, 0.2) is 0 Å². The summed E-state index contributed by atoms with van der Waals surface area (Å²) in [6, 6.07) is -0.824. The summed E-state index contributed by atoms with van der Waals surface area (Å²) in [6.45, 7) is 7.03. The lowest BCUT2D eigenvalue weighted by molar-refractivity contribution is -0.158. The highest BCUT2D eigenvalue weighted by molar-refractivity contribution is 5.84. The molecular formula is C12H21NO4. The average Bonchev–Trinajstić information content (AvgIpc) is 2.28. The van der Waals surface area contributed by atoms with Crippen molar-refractivity contribution in [2.45, 2.75) is 33.2 Å². The summed E-state index contributed by atoms with van der Waals surface area (Å²) in [5.41, 5.74) is 0. The number of aliphatic carboxylic acids is 1. The number of rotatable bonds is 4. The van der Waals surface area contributed by atoms with Crippen molar-refractivity contribution in [2.24, 2.45) is 11.8 Å². The molecule has 0 spiro atoms. The minimum Gasteiger partial charge on any atom is -0.480 e. The number of nitrogens with zero attached hydrogens (tertiary/aromatic N) is 1. The largest absolute Gasteiger partial charge is 0.480 e. The summed E-state index contributed by atoms with van der Waals surface area (Å²) in [4.78, 5) is 24.5. The Morgan fingerprint density at radius 2 is 2.06 bits per heavy atom. The smallest absolute Gasteiger partial charge is 0.328 e. The predicted octanol–water partition coefficient (Wildman–Crippen LogP) is 0.981. The quantitative estimate of drug-likeness (QED) is 0.799. The molecule has 0 aliphatic carbocycles. The monoisotopic (exact) mass is 243 g/mol. The van der Waals surface area contributed by atoms with E-state index in [2.05, 4.69) is 13.8 Å². The molecule has 1 N–H and O–H groups in total. The molecule has 1 rings (SSSR count). The maximum absolute atomic E-state index is 12.0. The van der Waals surface area contributed by atoms with Gasteiger partial charge in [0.25, 0.3) is 0 Å². The van der Waals surface area contributed by atoms with Crippen molar-refractivity contribution in [1.29, 1.82) is 0 Å². The number of carboxylic acids is 1. The van der Waals surface area contributed by atoms with Crippen molar-refractivity contribution in [3.05, 3.63) is 0 Å². The van der Waals surface area contributed by atoms with E-state index in [0.29, 0.717) is 25.5 Å². The molecule has 1 aliphatic heterocycles. The van der Waals surface area contributed by atoms with Crippen LogP contribution >= 0.6 is 0 Å². The lowest BCUT2D eigenvalue weighted by atomic mass is 9.94. The average molecular weight is 243 g/mol. The van der Waals surface area contributed by atoms with Gasteiger partial charge in [0, 0.05) is 13.0 Å². The second kappa shape index (κ2) is 6.00. The number of carbonyl (C=O) groups excluding carboxylic acids is 1. The van der Waals surface area contributed by atoms with Gasteiger partial charge in [0.15, 0.2) is 6.04 Å². The fourth-order valence-electron chi connectivity index (χ4n) is 1.74. The van der Waals surface area contributed by atoms with Crippen LogP contribution in [0.3, 0.4) is 0 Å². The third kappa shape index (κ3) is 3.70. The normalized spacial score (nSPS) is 22.6. The second-order valence-corrected chi connectivity index (χ2v) is 4.94. The zero-order valence-corrected chi connectivity index (χ0v) is 10.7. The molecule has 5 nitrogen and oxygen atoms in total. The Morgan fingerprint density at radius 1 is 1.41 bits per heavy atom. The van der Waals surface area contributed by atoms with Gasteiger partial charge in [-0.3, -0.25) is 4.79 Å². The van der Waals surface area contributed by atoms with Gasteiger partial charge < -0.3 is 14.7 Å². The molecule has 1 aliphatic rings. The molecule has 1 heterocycles. The van der Waals surface area contributed by atoms with E-state index in [1.165, 1.54) is 4.90 Å². The number of carboxylic acid groups (broad SMARTS) is 1. The van der Waals surface area contributed by atoms with Crippen molar-refractivity contribution in [3.63, 3.8) is 0 Å². The van der Waals surface area contributed by atoms with Crippen LogP contribution in [-0.4, -0.2) is 47.7 Å². The van der Waals surface area contributed by atoms with Crippen molar-refractivity contribution >= 4 is 11.9 Å². The van der Waals surface area contributed by atoms with Crippen molar-refractivity contribution in [2.75, 3.05) is 19.8 Å². The van der Waals surface area contributed by atoms with Gasteiger partial charge in [-0.2, -0.15) is 0 Å². The predicted molar refractivity (Wildman–Crippen MR) is 62.6 cm³/mol. The van der Waals surface area contributed by atoms with Gasteiger partial charge in [-0.1, -0.05) is 20.8 Å². The van der Waals surface area contributed by atoms with Crippen LogP contribution in [0.2, 0.25) is 0 Å². The Bertz CT molecular complexity index is 290. The van der Waals surface area contributed by atoms with Crippen LogP contribution in [0.5, 0.6) is 0 Å². The van der Waals surface area contributed by atoms with Crippen molar-refractivity contribution in [3.8, 4) is 0 Å². The van der Waals surface area contributed by atoms with Crippen molar-refractivity contribution < 1.29 is 19.4 Å². The Labute approximate surface area is 102 Å². The van der Waals surface area contributed by atoms with E-state index >= 15 is 0 Å². The third-order valence-electron chi connectivity index (χ3n) is 3.37. The van der Waals surface area contributed by atoms with Crippen LogP contribution in [0.25, 0.3) is 0 Å². The van der Waals surface area contributed by atoms with Crippen LogP contribution < -0.4 is 0 Å². The molecule has 1 amide bonds. The zero-order valence-electron chi connectivity index (χ0n) is 10.7. The number of carbonyl (C=O) groups is 2. The molecule has 0 bridgehead atoms. The summed E-state index contributed by atoms with van der Waals surface area (Å²) in [5, 5.41) is 9.03. The van der Waals surface area contributed by atoms with Gasteiger partial charge in [0.1, 0.15) is 0 Å². The number of ether oxygens (including phenoxy) is 1. The Balaban J connectivity index is 2.62. The molecule has 17 heavy (non-hydrogen) atoms. The third-order valence-corrected chi connectivity index (χ3v) is 3.37. The topological polar surface area (TPSA) is 66.8 Å². The fourth-order valence-corrected chi connectivity index (χ4v) is 1.74. The minimum absolute atomic E-state index is 0.0816. The molecule has 0 aromatic carbocycles. The number of amides is 1. The van der Waals surface area contributed by atoms with E-state index in [1.807, 2.05) is 6.92 Å². The molecule has 98 valence electrons. The van der Waals surface area contributed by atoms with E-state index in [0.717, 1.165) is 0 Å². The SMILES string of the molecule is CC(C)C(C)CC(=O)N1CCOCC1C(=O)O. The summed E-state index contributed by atoms with van der Waals surface area (Å²) in [5.74, 6) is -0.389. The first kappa shape index (κ1) is 14.0. The summed E-state index contributed by atoms with van der Waals surface area (Å²) in [7, 11) is 0. The molecule has 1 fully saturated rings. The minimum atomic E-state index is -0.991. The number of hydrogen-bond donors (Lipinski definition) is 1. The maximum Gasteiger partial charge on any atom is 0.328 e. The number of morpholine rings is 1. The van der Waals surface area contributed by atoms with Gasteiger partial charge in [0.2, 0.25) is 5.91 Å². The van der Waals surface area contributed by atoms with Crippen LogP contribution in [-0.2, 0) is 14.3 Å². The standard InChI is InChI=1S/C12H21NO4/c1-8(2)9(3)6-11(14)13-4-5-17-7-10(13)12(15)16/h8-10H,4-7H2,1-3H3,(H,15,16). The van der Waals surface area contributed by atoms with Gasteiger partial charge in [0.05, 0.1) is 13.2 Å². The van der Waals surface area contributed by atoms with Gasteiger partial charge in [-0.05, 0) is 11.8 Å². The Hall–Kier alpha value is -1.10. The zero-order chi connectivity index (χ0) is 13.0. The lowest BCUT2D eigenvalue weighted by Crippen LogP contribution is -2.52. The maximum atomic E-state index is 12.0. The number of hydrogen-bond acceptors (Lipinski definition) is 3. The molecular weight excluding hydrogens is 222 g/mol. The Kier molecular flexibility index (Phi) is 4.93. The summed E-state index contributed by atoms with van der Waals surface area (Å²) in [6.07, 6.45) is 0.404. The van der Waals surface area contributed by atoms with E-state index in [1.54, 1.807) is 0 Å². The van der Waals surface area contributed by atoms with Gasteiger partial charge >= 0.3 is 5.97 Å². The highest BCUT2D eigenvalue weighted by Gasteiger charge is 2.33. The first-order valence-corrected chi connectivity index (χ1v) is 6.03. The van der Waals surface area contributed by atoms with Crippen LogP contribution in [0.1, 0.15) is 27.2 Å². The molecule has 0 saturated carbocycles. The molecule has 1 saturated heterocycles. The molecule has 2 unspecified atom stereocenters. The van der Waals surface area contributed by atoms with E-state index in [4.69, 9.17) is 9.84 Å². The molecule has 5 heteroatoms. The van der Waals surface area contributed by atoms with E-state index in [-0.39, 0.29) is 18.4 Å². The van der Waals surface area contributed by atoms with Gasteiger partial charge in [-0.25, -0.2) is 4.79 Å². The Morgan fingerprint density at radius 3 is 2.59 bits per heavy atom. The fraction of sp³-hybridized carbons (Fsp3) is 0.833. The van der Waals surface area contributed by atoms with E-state index < -0.39 is 12.0 Å². The first-order chi connectivity index (χ1) is 7.93. The molecule has 0 aromatic heterocycles.